The van der Waals surface area contributed by atoms with Gasteiger partial charge in [-0.05, 0) is 35.7 Å². The largest absolute Gasteiger partial charge is 0.387 e. The third-order valence-corrected chi connectivity index (χ3v) is 3.32. The molecule has 120 valence electrons. The fourth-order valence-electron chi connectivity index (χ4n) is 2.25. The Hall–Kier alpha value is -2.52. The molecule has 2 rings (SSSR count). The van der Waals surface area contributed by atoms with Crippen molar-refractivity contribution in [2.45, 2.75) is 20.0 Å². The molecule has 0 amide bonds. The Bertz CT molecular complexity index is 664. The number of aromatic nitrogens is 2. The highest BCUT2D eigenvalue weighted by atomic mass is 19.1. The van der Waals surface area contributed by atoms with Crippen LogP contribution in [-0.2, 0) is 0 Å². The summed E-state index contributed by atoms with van der Waals surface area (Å²) in [5.41, 5.74) is 0.888. The fourth-order valence-corrected chi connectivity index (χ4v) is 2.25. The number of nitriles is 1. The van der Waals surface area contributed by atoms with Gasteiger partial charge >= 0.3 is 0 Å². The molecule has 1 atom stereocenters. The zero-order chi connectivity index (χ0) is 16.8. The van der Waals surface area contributed by atoms with Gasteiger partial charge in [-0.1, -0.05) is 26.0 Å². The van der Waals surface area contributed by atoms with Crippen molar-refractivity contribution in [3.8, 4) is 6.07 Å². The van der Waals surface area contributed by atoms with Gasteiger partial charge in [-0.2, -0.15) is 5.26 Å². The summed E-state index contributed by atoms with van der Waals surface area (Å²) in [6, 6.07) is 11.0. The Morgan fingerprint density at radius 3 is 2.35 bits per heavy atom. The maximum Gasteiger partial charge on any atom is 0.163 e. The van der Waals surface area contributed by atoms with Crippen LogP contribution >= 0.6 is 0 Å². The maximum absolute atomic E-state index is 13.0. The molecule has 0 aliphatic heterocycles. The second-order valence-corrected chi connectivity index (χ2v) is 5.75. The molecule has 0 saturated heterocycles. The molecule has 23 heavy (non-hydrogen) atoms. The standard InChI is InChI=1S/C17H19FN4O/c1-12(2)10-22(17-8-7-15(9-19)20-21-17)11-16(23)13-3-5-14(18)6-4-13/h3-8,12,16,23H,10-11H2,1-2H3. The van der Waals surface area contributed by atoms with Gasteiger partial charge in [-0.25, -0.2) is 4.39 Å². The number of hydrogen-bond acceptors (Lipinski definition) is 5. The average molecular weight is 314 g/mol. The first-order chi connectivity index (χ1) is 11.0. The number of hydrogen-bond donors (Lipinski definition) is 1. The number of rotatable bonds is 6. The van der Waals surface area contributed by atoms with Gasteiger partial charge in [0.2, 0.25) is 0 Å². The van der Waals surface area contributed by atoms with Gasteiger partial charge in [-0.3, -0.25) is 0 Å². The minimum absolute atomic E-state index is 0.248. The van der Waals surface area contributed by atoms with Gasteiger partial charge in [0.05, 0.1) is 6.10 Å². The molecule has 1 N–H and O–H groups in total. The first-order valence-electron chi connectivity index (χ1n) is 7.42. The SMILES string of the molecule is CC(C)CN(CC(O)c1ccc(F)cc1)c1ccc(C#N)nn1. The van der Waals surface area contributed by atoms with E-state index in [2.05, 4.69) is 24.0 Å². The monoisotopic (exact) mass is 314 g/mol. The van der Waals surface area contributed by atoms with Crippen molar-refractivity contribution < 1.29 is 9.50 Å². The smallest absolute Gasteiger partial charge is 0.163 e. The van der Waals surface area contributed by atoms with Crippen LogP contribution in [0.15, 0.2) is 36.4 Å². The molecular weight excluding hydrogens is 295 g/mol. The van der Waals surface area contributed by atoms with Crippen molar-refractivity contribution in [2.24, 2.45) is 5.92 Å². The zero-order valence-electron chi connectivity index (χ0n) is 13.1. The van der Waals surface area contributed by atoms with Crippen molar-refractivity contribution >= 4 is 5.82 Å². The molecule has 1 heterocycles. The van der Waals surface area contributed by atoms with Crippen LogP contribution in [0.25, 0.3) is 0 Å². The van der Waals surface area contributed by atoms with E-state index in [9.17, 15) is 9.50 Å². The van der Waals surface area contributed by atoms with Gasteiger partial charge in [0, 0.05) is 13.1 Å². The van der Waals surface area contributed by atoms with E-state index in [4.69, 9.17) is 5.26 Å². The van der Waals surface area contributed by atoms with E-state index in [1.165, 1.54) is 12.1 Å². The summed E-state index contributed by atoms with van der Waals surface area (Å²) < 4.78 is 13.0. The van der Waals surface area contributed by atoms with Crippen LogP contribution in [0.2, 0.25) is 0 Å². The van der Waals surface area contributed by atoms with Crippen LogP contribution in [0.5, 0.6) is 0 Å². The van der Waals surface area contributed by atoms with Gasteiger partial charge in [-0.15, -0.1) is 10.2 Å². The molecule has 6 heteroatoms. The van der Waals surface area contributed by atoms with Crippen molar-refractivity contribution in [2.75, 3.05) is 18.0 Å². The lowest BCUT2D eigenvalue weighted by Crippen LogP contribution is -2.33. The summed E-state index contributed by atoms with van der Waals surface area (Å²) in [5.74, 6) is 0.615. The van der Waals surface area contributed by atoms with Crippen molar-refractivity contribution in [1.29, 1.82) is 5.26 Å². The molecule has 0 aliphatic rings. The van der Waals surface area contributed by atoms with Crippen LogP contribution in [0.1, 0.15) is 31.2 Å². The second kappa shape index (κ2) is 7.65. The predicted octanol–water partition coefficient (Wildman–Crippen LogP) is 2.68. The van der Waals surface area contributed by atoms with Gasteiger partial charge < -0.3 is 10.0 Å². The van der Waals surface area contributed by atoms with Crippen molar-refractivity contribution in [1.82, 2.24) is 10.2 Å². The summed E-state index contributed by atoms with van der Waals surface area (Å²) in [6.07, 6.45) is -0.771. The molecular formula is C17H19FN4O. The Balaban J connectivity index is 2.17. The molecule has 0 aliphatic carbocycles. The van der Waals surface area contributed by atoms with Crippen LogP contribution in [-0.4, -0.2) is 28.4 Å². The molecule has 1 aromatic heterocycles. The number of halogens is 1. The third kappa shape index (κ3) is 4.73. The van der Waals surface area contributed by atoms with Crippen LogP contribution in [0.3, 0.4) is 0 Å². The Labute approximate surface area is 135 Å². The van der Waals surface area contributed by atoms with Crippen LogP contribution in [0, 0.1) is 23.1 Å². The van der Waals surface area contributed by atoms with E-state index in [1.54, 1.807) is 24.3 Å². The van der Waals surface area contributed by atoms with Crippen molar-refractivity contribution in [3.63, 3.8) is 0 Å². The quantitative estimate of drug-likeness (QED) is 0.887. The van der Waals surface area contributed by atoms with Crippen LogP contribution in [0.4, 0.5) is 10.2 Å². The third-order valence-electron chi connectivity index (χ3n) is 3.32. The Morgan fingerprint density at radius 2 is 1.83 bits per heavy atom. The highest BCUT2D eigenvalue weighted by Crippen LogP contribution is 2.19. The molecule has 0 fully saturated rings. The number of aliphatic hydroxyl groups excluding tert-OH is 1. The van der Waals surface area contributed by atoms with E-state index in [0.29, 0.717) is 30.4 Å². The van der Waals surface area contributed by atoms with Crippen LogP contribution < -0.4 is 4.90 Å². The average Bonchev–Trinajstić information content (AvgIpc) is 2.54. The lowest BCUT2D eigenvalue weighted by atomic mass is 10.1. The summed E-state index contributed by atoms with van der Waals surface area (Å²) in [7, 11) is 0. The lowest BCUT2D eigenvalue weighted by molar-refractivity contribution is 0.182. The summed E-state index contributed by atoms with van der Waals surface area (Å²) >= 11 is 0. The van der Waals surface area contributed by atoms with E-state index < -0.39 is 6.10 Å². The topological polar surface area (TPSA) is 73.0 Å². The van der Waals surface area contributed by atoms with E-state index in [1.807, 2.05) is 11.0 Å². The fraction of sp³-hybridized carbons (Fsp3) is 0.353. The van der Waals surface area contributed by atoms with E-state index in [0.717, 1.165) is 0 Å². The lowest BCUT2D eigenvalue weighted by Gasteiger charge is -2.27. The maximum atomic E-state index is 13.0. The highest BCUT2D eigenvalue weighted by molar-refractivity contribution is 5.39. The minimum atomic E-state index is -0.771. The number of aliphatic hydroxyl groups is 1. The van der Waals surface area contributed by atoms with Gasteiger partial charge in [0.15, 0.2) is 11.5 Å². The second-order valence-electron chi connectivity index (χ2n) is 5.75. The Morgan fingerprint density at radius 1 is 1.13 bits per heavy atom. The summed E-state index contributed by atoms with van der Waals surface area (Å²) in [5, 5.41) is 27.1. The Kier molecular flexibility index (Phi) is 5.61. The van der Waals surface area contributed by atoms with Gasteiger partial charge in [0.25, 0.3) is 0 Å². The van der Waals surface area contributed by atoms with Gasteiger partial charge in [0.1, 0.15) is 11.9 Å². The molecule has 5 nitrogen and oxygen atoms in total. The molecule has 2 aromatic rings. The molecule has 1 aromatic carbocycles. The highest BCUT2D eigenvalue weighted by Gasteiger charge is 2.17. The predicted molar refractivity (Wildman–Crippen MR) is 85.2 cm³/mol. The minimum Gasteiger partial charge on any atom is -0.387 e. The molecule has 0 bridgehead atoms. The van der Waals surface area contributed by atoms with E-state index >= 15 is 0 Å². The molecule has 0 spiro atoms. The zero-order valence-corrected chi connectivity index (χ0v) is 13.1. The number of nitrogens with zero attached hydrogens (tertiary/aromatic N) is 4. The summed E-state index contributed by atoms with van der Waals surface area (Å²) in [6.45, 7) is 5.12. The van der Waals surface area contributed by atoms with Crippen molar-refractivity contribution in [3.05, 3.63) is 53.5 Å². The first-order valence-corrected chi connectivity index (χ1v) is 7.42. The molecule has 0 radical (unpaired) electrons. The first kappa shape index (κ1) is 16.8. The van der Waals surface area contributed by atoms with E-state index in [-0.39, 0.29) is 11.5 Å². The molecule has 1 unspecified atom stereocenters. The normalized spacial score (nSPS) is 12.0. The molecule has 0 saturated carbocycles. The number of benzene rings is 1. The number of anilines is 1. The summed E-state index contributed by atoms with van der Waals surface area (Å²) in [4.78, 5) is 1.91.